The minimum Gasteiger partial charge on any atom is -0.481 e. The second kappa shape index (κ2) is 9.64. The Morgan fingerprint density at radius 1 is 1.03 bits per heavy atom. The Kier molecular flexibility index (Phi) is 6.78. The number of fused-ring (bicyclic) bond motifs is 3. The van der Waals surface area contributed by atoms with E-state index in [2.05, 4.69) is 10.6 Å². The molecule has 0 heterocycles. The zero-order valence-corrected chi connectivity index (χ0v) is 19.5. The Morgan fingerprint density at radius 2 is 1.60 bits per heavy atom. The lowest BCUT2D eigenvalue weighted by Crippen LogP contribution is -2.42. The molecule has 0 bridgehead atoms. The fourth-order valence-electron chi connectivity index (χ4n) is 4.76. The maximum absolute atomic E-state index is 14.3. The predicted octanol–water partition coefficient (Wildman–Crippen LogP) is 4.02. The molecule has 1 saturated carbocycles. The smallest absolute Gasteiger partial charge is 0.407 e. The van der Waals surface area contributed by atoms with E-state index in [0.29, 0.717) is 0 Å². The van der Waals surface area contributed by atoms with Gasteiger partial charge in [0.25, 0.3) is 5.92 Å². The minimum absolute atomic E-state index is 0.0517. The van der Waals surface area contributed by atoms with E-state index in [1.165, 1.54) is 0 Å². The lowest BCUT2D eigenvalue weighted by molar-refractivity contribution is -0.138. The fourth-order valence-corrected chi connectivity index (χ4v) is 4.76. The summed E-state index contributed by atoms with van der Waals surface area (Å²) in [4.78, 5) is 35.6. The molecular weight excluding hydrogens is 458 g/mol. The fraction of sp³-hybridized carbons (Fsp3) is 0.423. The number of alkyl carbamates (subject to hydrolysis) is 1. The third-order valence-corrected chi connectivity index (χ3v) is 6.82. The molecule has 2 aromatic carbocycles. The van der Waals surface area contributed by atoms with Crippen LogP contribution in [0.15, 0.2) is 48.5 Å². The molecule has 186 valence electrons. The second-order valence-electron chi connectivity index (χ2n) is 9.42. The maximum Gasteiger partial charge on any atom is 0.407 e. The number of rotatable bonds is 9. The highest BCUT2D eigenvalue weighted by molar-refractivity contribution is 5.84. The Labute approximate surface area is 201 Å². The molecule has 4 rings (SSSR count). The summed E-state index contributed by atoms with van der Waals surface area (Å²) in [6, 6.07) is 14.9. The second-order valence-corrected chi connectivity index (χ2v) is 9.42. The van der Waals surface area contributed by atoms with E-state index in [-0.39, 0.29) is 24.9 Å². The number of alkyl halides is 2. The summed E-state index contributed by atoms with van der Waals surface area (Å²) in [5.74, 6) is -8.71. The molecule has 2 aromatic rings. The van der Waals surface area contributed by atoms with Crippen molar-refractivity contribution in [1.82, 2.24) is 10.6 Å². The van der Waals surface area contributed by atoms with Crippen LogP contribution < -0.4 is 10.6 Å². The molecular formula is C26H28F2N2O5. The van der Waals surface area contributed by atoms with E-state index in [9.17, 15) is 23.2 Å². The van der Waals surface area contributed by atoms with Gasteiger partial charge < -0.3 is 20.5 Å². The molecule has 0 aliphatic heterocycles. The minimum atomic E-state index is -3.29. The first kappa shape index (κ1) is 24.6. The Hall–Kier alpha value is -3.49. The van der Waals surface area contributed by atoms with E-state index in [4.69, 9.17) is 9.84 Å². The summed E-state index contributed by atoms with van der Waals surface area (Å²) in [7, 11) is 0. The van der Waals surface area contributed by atoms with E-state index < -0.39 is 48.3 Å². The first-order valence-electron chi connectivity index (χ1n) is 11.6. The van der Waals surface area contributed by atoms with Crippen molar-refractivity contribution in [1.29, 1.82) is 0 Å². The molecule has 2 aliphatic carbocycles. The average molecular weight is 487 g/mol. The lowest BCUT2D eigenvalue weighted by atomic mass is 9.98. The number of carboxylic acids is 1. The van der Waals surface area contributed by atoms with Crippen molar-refractivity contribution in [2.24, 2.45) is 17.8 Å². The van der Waals surface area contributed by atoms with Crippen LogP contribution in [0.3, 0.4) is 0 Å². The number of aliphatic carboxylic acids is 1. The van der Waals surface area contributed by atoms with E-state index >= 15 is 0 Å². The summed E-state index contributed by atoms with van der Waals surface area (Å²) in [5, 5.41) is 13.7. The van der Waals surface area contributed by atoms with Gasteiger partial charge in [-0.25, -0.2) is 13.6 Å². The van der Waals surface area contributed by atoms with Crippen molar-refractivity contribution in [3.8, 4) is 11.1 Å². The Balaban J connectivity index is 1.31. The molecule has 9 heteroatoms. The van der Waals surface area contributed by atoms with E-state index in [1.807, 2.05) is 48.5 Å². The summed E-state index contributed by atoms with van der Waals surface area (Å²) in [6.45, 7) is 3.04. The van der Waals surface area contributed by atoms with Gasteiger partial charge in [0.15, 0.2) is 0 Å². The molecule has 3 atom stereocenters. The van der Waals surface area contributed by atoms with Crippen molar-refractivity contribution in [3.63, 3.8) is 0 Å². The van der Waals surface area contributed by atoms with E-state index in [1.54, 1.807) is 13.8 Å². The highest BCUT2D eigenvalue weighted by Gasteiger charge is 2.71. The average Bonchev–Trinajstić information content (AvgIpc) is 3.22. The van der Waals surface area contributed by atoms with Crippen LogP contribution in [-0.2, 0) is 14.3 Å². The predicted molar refractivity (Wildman–Crippen MR) is 124 cm³/mol. The summed E-state index contributed by atoms with van der Waals surface area (Å²) < 4.78 is 33.9. The van der Waals surface area contributed by atoms with Gasteiger partial charge in [-0.3, -0.25) is 9.59 Å². The number of hydrogen-bond acceptors (Lipinski definition) is 4. The van der Waals surface area contributed by atoms with Crippen molar-refractivity contribution in [2.75, 3.05) is 13.2 Å². The van der Waals surface area contributed by atoms with Crippen LogP contribution in [0.2, 0.25) is 0 Å². The number of carbonyl (C=O) groups is 3. The standard InChI is InChI=1S/C26H28F2N2O5/c1-14(2)21(11-22(31)32)30-24(33)23-20(26(23,27)28)12-29-25(34)35-13-19-17-9-5-3-7-15(17)16-8-4-6-10-18(16)19/h3-10,14,19-21,23H,11-13H2,1-2H3,(H,29,34)(H,30,33)(H,31,32)/t20-,21-,23-/m0/s1. The number of benzene rings is 2. The van der Waals surface area contributed by atoms with Crippen molar-refractivity contribution >= 4 is 18.0 Å². The monoisotopic (exact) mass is 486 g/mol. The van der Waals surface area contributed by atoms with Crippen LogP contribution in [0.5, 0.6) is 0 Å². The van der Waals surface area contributed by atoms with Gasteiger partial charge in [0, 0.05) is 18.5 Å². The van der Waals surface area contributed by atoms with Gasteiger partial charge in [0.2, 0.25) is 5.91 Å². The third kappa shape index (κ3) is 4.99. The lowest BCUT2D eigenvalue weighted by Gasteiger charge is -2.20. The van der Waals surface area contributed by atoms with E-state index in [0.717, 1.165) is 22.3 Å². The van der Waals surface area contributed by atoms with Gasteiger partial charge >= 0.3 is 12.1 Å². The van der Waals surface area contributed by atoms with Gasteiger partial charge in [0.05, 0.1) is 12.3 Å². The highest BCUT2D eigenvalue weighted by atomic mass is 19.3. The normalized spacial score (nSPS) is 20.5. The van der Waals surface area contributed by atoms with Crippen LogP contribution in [0, 0.1) is 17.8 Å². The van der Waals surface area contributed by atoms with Gasteiger partial charge in [0.1, 0.15) is 12.5 Å². The zero-order chi connectivity index (χ0) is 25.3. The first-order chi connectivity index (χ1) is 16.6. The summed E-state index contributed by atoms with van der Waals surface area (Å²) in [5.41, 5.74) is 4.22. The number of amides is 2. The quantitative estimate of drug-likeness (QED) is 0.497. The largest absolute Gasteiger partial charge is 0.481 e. The van der Waals surface area contributed by atoms with Gasteiger partial charge in [-0.15, -0.1) is 0 Å². The Morgan fingerprint density at radius 3 is 2.14 bits per heavy atom. The summed E-state index contributed by atoms with van der Waals surface area (Å²) >= 11 is 0. The molecule has 0 radical (unpaired) electrons. The summed E-state index contributed by atoms with van der Waals surface area (Å²) in [6.07, 6.45) is -1.19. The third-order valence-electron chi connectivity index (χ3n) is 6.82. The van der Waals surface area contributed by atoms with Crippen LogP contribution in [0.4, 0.5) is 13.6 Å². The number of nitrogens with one attached hydrogen (secondary N) is 2. The molecule has 35 heavy (non-hydrogen) atoms. The van der Waals surface area contributed by atoms with Crippen LogP contribution in [0.1, 0.15) is 37.3 Å². The van der Waals surface area contributed by atoms with Crippen molar-refractivity contribution < 1.29 is 33.0 Å². The number of ether oxygens (including phenoxy) is 1. The van der Waals surface area contributed by atoms with Crippen LogP contribution in [-0.4, -0.2) is 48.2 Å². The number of halogens is 2. The highest BCUT2D eigenvalue weighted by Crippen LogP contribution is 2.55. The molecule has 0 aromatic heterocycles. The van der Waals surface area contributed by atoms with Crippen molar-refractivity contribution in [2.45, 2.75) is 38.2 Å². The van der Waals surface area contributed by atoms with Gasteiger partial charge in [-0.2, -0.15) is 0 Å². The molecule has 2 aliphatic rings. The first-order valence-corrected chi connectivity index (χ1v) is 11.6. The number of carboxylic acid groups (broad SMARTS) is 1. The van der Waals surface area contributed by atoms with Crippen LogP contribution in [0.25, 0.3) is 11.1 Å². The molecule has 7 nitrogen and oxygen atoms in total. The molecule has 1 fully saturated rings. The maximum atomic E-state index is 14.3. The topological polar surface area (TPSA) is 105 Å². The molecule has 0 spiro atoms. The zero-order valence-electron chi connectivity index (χ0n) is 19.5. The molecule has 0 unspecified atom stereocenters. The number of carbonyl (C=O) groups excluding carboxylic acids is 2. The SMILES string of the molecule is CC(C)[C@H](CC(=O)O)NC(=O)[C@@H]1[C@H](CNC(=O)OCC2c3ccccc3-c3ccccc32)C1(F)F. The molecule has 3 N–H and O–H groups in total. The molecule has 2 amide bonds. The number of hydrogen-bond donors (Lipinski definition) is 3. The van der Waals surface area contributed by atoms with Gasteiger partial charge in [-0.05, 0) is 28.2 Å². The van der Waals surface area contributed by atoms with Gasteiger partial charge in [-0.1, -0.05) is 62.4 Å². The van der Waals surface area contributed by atoms with Crippen LogP contribution >= 0.6 is 0 Å². The van der Waals surface area contributed by atoms with Crippen molar-refractivity contribution in [3.05, 3.63) is 59.7 Å². The Bertz CT molecular complexity index is 1090. The molecule has 0 saturated heterocycles.